The summed E-state index contributed by atoms with van der Waals surface area (Å²) >= 11 is 0. The lowest BCUT2D eigenvalue weighted by Crippen LogP contribution is -2.30. The molecule has 0 saturated carbocycles. The van der Waals surface area contributed by atoms with Crippen molar-refractivity contribution in [2.24, 2.45) is 0 Å². The van der Waals surface area contributed by atoms with E-state index in [1.54, 1.807) is 26.8 Å². The third kappa shape index (κ3) is 7.92. The predicted octanol–water partition coefficient (Wildman–Crippen LogP) is 7.04. The monoisotopic (exact) mass is 625 g/mol. The maximum atomic E-state index is 13.6. The van der Waals surface area contributed by atoms with E-state index in [9.17, 15) is 14.3 Å². The lowest BCUT2D eigenvalue weighted by Gasteiger charge is -2.30. The van der Waals surface area contributed by atoms with E-state index in [-0.39, 0.29) is 12.2 Å². The van der Waals surface area contributed by atoms with Crippen molar-refractivity contribution in [2.75, 3.05) is 18.9 Å². The van der Waals surface area contributed by atoms with Crippen molar-refractivity contribution in [2.45, 2.75) is 79.0 Å². The molecule has 4 N–H and O–H groups in total. The minimum atomic E-state index is -0.907. The standard InChI is InChI=1S/C34H34FN3O3.C4H10O/c1-20-14-28(35)9-7-26(20)18-38-12-11-22-15-25(5-6-27(22)19-38)33-32(29(17-31(39)40)21(2)37-34(33)36)24-8-10-30-23(16-24)4-3-13-41-30;1-4(2,3)5/h5-10,14-16H,3-4,11-13,17-19H2,1-2H3,(H2,36,37)(H,39,40);5H,1-3H3. The first-order chi connectivity index (χ1) is 21.8. The Balaban J connectivity index is 0.000000775. The van der Waals surface area contributed by atoms with Gasteiger partial charge in [0.05, 0.1) is 18.6 Å². The van der Waals surface area contributed by atoms with E-state index >= 15 is 0 Å². The van der Waals surface area contributed by atoms with Crippen LogP contribution in [-0.4, -0.2) is 44.8 Å². The SMILES string of the molecule is CC(C)(C)O.Cc1cc(F)ccc1CN1CCc2cc(-c3c(N)nc(C)c(CC(=O)O)c3-c3ccc4c(c3)CCCO4)ccc2C1. The summed E-state index contributed by atoms with van der Waals surface area (Å²) in [6, 6.07) is 17.5. The zero-order chi connectivity index (χ0) is 33.2. The Bertz CT molecular complexity index is 1760. The summed E-state index contributed by atoms with van der Waals surface area (Å²) < 4.78 is 19.4. The minimum Gasteiger partial charge on any atom is -0.493 e. The van der Waals surface area contributed by atoms with Gasteiger partial charge in [-0.05, 0) is 128 Å². The number of ether oxygens (including phenoxy) is 1. The third-order valence-corrected chi connectivity index (χ3v) is 8.34. The zero-order valence-electron chi connectivity index (χ0n) is 27.4. The van der Waals surface area contributed by atoms with Crippen molar-refractivity contribution in [1.82, 2.24) is 9.88 Å². The van der Waals surface area contributed by atoms with Crippen molar-refractivity contribution in [1.29, 1.82) is 0 Å². The Kier molecular flexibility index (Phi) is 9.79. The minimum absolute atomic E-state index is 0.141. The average Bonchev–Trinajstić information content (AvgIpc) is 2.98. The number of hydrogen-bond acceptors (Lipinski definition) is 6. The summed E-state index contributed by atoms with van der Waals surface area (Å²) in [4.78, 5) is 19.0. The van der Waals surface area contributed by atoms with Crippen molar-refractivity contribution >= 4 is 11.8 Å². The first-order valence-corrected chi connectivity index (χ1v) is 15.9. The van der Waals surface area contributed by atoms with Crippen LogP contribution in [0.15, 0.2) is 54.6 Å². The molecule has 3 heterocycles. The molecule has 0 saturated heterocycles. The molecule has 6 rings (SSSR count). The van der Waals surface area contributed by atoms with Gasteiger partial charge in [0.2, 0.25) is 0 Å². The van der Waals surface area contributed by atoms with Gasteiger partial charge in [-0.25, -0.2) is 9.37 Å². The lowest BCUT2D eigenvalue weighted by molar-refractivity contribution is -0.136. The summed E-state index contributed by atoms with van der Waals surface area (Å²) in [5.41, 5.74) is 16.6. The second-order valence-corrected chi connectivity index (χ2v) is 13.3. The number of carbonyl (C=O) groups is 1. The Labute approximate surface area is 270 Å². The number of anilines is 1. The fraction of sp³-hybridized carbons (Fsp3) is 0.368. The quantitative estimate of drug-likeness (QED) is 0.211. The molecule has 3 aromatic carbocycles. The van der Waals surface area contributed by atoms with Gasteiger partial charge in [-0.1, -0.05) is 30.3 Å². The van der Waals surface area contributed by atoms with Crippen LogP contribution in [0.5, 0.6) is 5.75 Å². The largest absolute Gasteiger partial charge is 0.493 e. The molecule has 2 aliphatic rings. The average molecular weight is 626 g/mol. The highest BCUT2D eigenvalue weighted by molar-refractivity contribution is 5.94. The van der Waals surface area contributed by atoms with E-state index in [4.69, 9.17) is 15.6 Å². The number of aliphatic hydroxyl groups is 1. The number of halogens is 1. The molecular formula is C38H44FN3O4. The molecule has 1 aromatic heterocycles. The predicted molar refractivity (Wildman–Crippen MR) is 180 cm³/mol. The number of aliphatic carboxylic acids is 1. The molecule has 0 bridgehead atoms. The molecule has 7 nitrogen and oxygen atoms in total. The topological polar surface area (TPSA) is 109 Å². The van der Waals surface area contributed by atoms with Crippen LogP contribution in [0.2, 0.25) is 0 Å². The van der Waals surface area contributed by atoms with Gasteiger partial charge >= 0.3 is 5.97 Å². The number of pyridine rings is 1. The van der Waals surface area contributed by atoms with Crippen LogP contribution >= 0.6 is 0 Å². The molecule has 0 radical (unpaired) electrons. The number of rotatable bonds is 6. The molecule has 0 fully saturated rings. The molecule has 0 spiro atoms. The number of nitrogen functional groups attached to an aromatic ring is 1. The number of aromatic nitrogens is 1. The van der Waals surface area contributed by atoms with Crippen LogP contribution in [0.4, 0.5) is 10.2 Å². The fourth-order valence-electron chi connectivity index (χ4n) is 6.24. The summed E-state index contributed by atoms with van der Waals surface area (Å²) in [5.74, 6) is 0.163. The van der Waals surface area contributed by atoms with Gasteiger partial charge in [0.25, 0.3) is 0 Å². The number of carboxylic acids is 1. The number of fused-ring (bicyclic) bond motifs is 2. The summed E-state index contributed by atoms with van der Waals surface area (Å²) in [6.07, 6.45) is 2.60. The molecule has 0 atom stereocenters. The van der Waals surface area contributed by atoms with Crippen LogP contribution in [0.1, 0.15) is 66.3 Å². The maximum absolute atomic E-state index is 13.6. The van der Waals surface area contributed by atoms with E-state index in [1.807, 2.05) is 32.0 Å². The Morgan fingerprint density at radius 3 is 2.39 bits per heavy atom. The van der Waals surface area contributed by atoms with E-state index < -0.39 is 11.6 Å². The summed E-state index contributed by atoms with van der Waals surface area (Å²) in [7, 11) is 0. The molecule has 242 valence electrons. The molecule has 0 unspecified atom stereocenters. The second-order valence-electron chi connectivity index (χ2n) is 13.3. The van der Waals surface area contributed by atoms with E-state index in [2.05, 4.69) is 34.1 Å². The highest BCUT2D eigenvalue weighted by Gasteiger charge is 2.24. The van der Waals surface area contributed by atoms with Gasteiger partial charge in [0, 0.05) is 30.9 Å². The Morgan fingerprint density at radius 2 is 1.67 bits per heavy atom. The number of carboxylic acid groups (broad SMARTS) is 1. The summed E-state index contributed by atoms with van der Waals surface area (Å²) in [5, 5.41) is 18.3. The Morgan fingerprint density at radius 1 is 0.978 bits per heavy atom. The van der Waals surface area contributed by atoms with Gasteiger partial charge in [-0.3, -0.25) is 9.69 Å². The summed E-state index contributed by atoms with van der Waals surface area (Å²) in [6.45, 7) is 12.2. The molecule has 2 aliphatic heterocycles. The molecular weight excluding hydrogens is 581 g/mol. The second kappa shape index (κ2) is 13.6. The highest BCUT2D eigenvalue weighted by Crippen LogP contribution is 2.42. The van der Waals surface area contributed by atoms with E-state index in [0.717, 1.165) is 83.6 Å². The number of benzene rings is 3. The number of hydrogen-bond donors (Lipinski definition) is 3. The first-order valence-electron chi connectivity index (χ1n) is 15.9. The van der Waals surface area contributed by atoms with Crippen molar-refractivity contribution < 1.29 is 24.1 Å². The van der Waals surface area contributed by atoms with Crippen molar-refractivity contribution in [3.8, 4) is 28.0 Å². The van der Waals surface area contributed by atoms with Crippen molar-refractivity contribution in [3.63, 3.8) is 0 Å². The van der Waals surface area contributed by atoms with Gasteiger partial charge in [0.15, 0.2) is 0 Å². The molecule has 0 aliphatic carbocycles. The molecule has 46 heavy (non-hydrogen) atoms. The fourth-order valence-corrected chi connectivity index (χ4v) is 6.24. The van der Waals surface area contributed by atoms with Crippen LogP contribution in [0, 0.1) is 19.7 Å². The first kappa shape index (κ1) is 33.1. The number of nitrogens with two attached hydrogens (primary N) is 1. The zero-order valence-corrected chi connectivity index (χ0v) is 27.4. The van der Waals surface area contributed by atoms with Gasteiger partial charge < -0.3 is 20.7 Å². The van der Waals surface area contributed by atoms with Crippen LogP contribution in [0.3, 0.4) is 0 Å². The van der Waals surface area contributed by atoms with Crippen LogP contribution in [-0.2, 0) is 37.1 Å². The van der Waals surface area contributed by atoms with Gasteiger partial charge in [0.1, 0.15) is 17.4 Å². The number of aryl methyl sites for hydroxylation is 3. The molecule has 8 heteroatoms. The molecule has 0 amide bonds. The highest BCUT2D eigenvalue weighted by atomic mass is 19.1. The third-order valence-electron chi connectivity index (χ3n) is 8.34. The van der Waals surface area contributed by atoms with Crippen LogP contribution < -0.4 is 10.5 Å². The van der Waals surface area contributed by atoms with E-state index in [0.29, 0.717) is 23.7 Å². The van der Waals surface area contributed by atoms with Crippen LogP contribution in [0.25, 0.3) is 22.3 Å². The maximum Gasteiger partial charge on any atom is 0.307 e. The Hall–Kier alpha value is -4.27. The normalized spacial score (nSPS) is 14.4. The van der Waals surface area contributed by atoms with Gasteiger partial charge in [-0.2, -0.15) is 0 Å². The molecule has 4 aromatic rings. The van der Waals surface area contributed by atoms with Crippen molar-refractivity contribution in [3.05, 3.63) is 99.5 Å². The number of nitrogens with zero attached hydrogens (tertiary/aromatic N) is 2. The smallest absolute Gasteiger partial charge is 0.307 e. The lowest BCUT2D eigenvalue weighted by atomic mass is 9.86. The van der Waals surface area contributed by atoms with Gasteiger partial charge in [-0.15, -0.1) is 0 Å². The van der Waals surface area contributed by atoms with E-state index in [1.165, 1.54) is 17.2 Å².